The summed E-state index contributed by atoms with van der Waals surface area (Å²) in [4.78, 5) is 14.5. The predicted molar refractivity (Wildman–Crippen MR) is 69.3 cm³/mol. The molecule has 102 valence electrons. The standard InChI is InChI=1S/C14H24N2O2/c17-14(6-5-12-4-2-8-18-12)16-7-1-3-11-9-15-10-13(11)16/h11-13,15H,1-10H2. The molecule has 3 saturated heterocycles. The van der Waals surface area contributed by atoms with E-state index in [1.165, 1.54) is 12.8 Å². The molecule has 4 heteroatoms. The van der Waals surface area contributed by atoms with Crippen LogP contribution in [0, 0.1) is 5.92 Å². The highest BCUT2D eigenvalue weighted by Crippen LogP contribution is 2.27. The van der Waals surface area contributed by atoms with Crippen LogP contribution in [-0.2, 0) is 9.53 Å². The summed E-state index contributed by atoms with van der Waals surface area (Å²) < 4.78 is 5.59. The molecule has 3 fully saturated rings. The summed E-state index contributed by atoms with van der Waals surface area (Å²) in [5.74, 6) is 1.05. The van der Waals surface area contributed by atoms with Gasteiger partial charge in [-0.25, -0.2) is 0 Å². The molecule has 0 saturated carbocycles. The largest absolute Gasteiger partial charge is 0.378 e. The van der Waals surface area contributed by atoms with Crippen molar-refractivity contribution in [3.05, 3.63) is 0 Å². The topological polar surface area (TPSA) is 41.6 Å². The summed E-state index contributed by atoms with van der Waals surface area (Å²) in [6.45, 7) is 3.95. The van der Waals surface area contributed by atoms with Gasteiger partial charge >= 0.3 is 0 Å². The SMILES string of the molecule is O=C(CCC1CCCO1)N1CCCC2CNCC21. The minimum Gasteiger partial charge on any atom is -0.378 e. The highest BCUT2D eigenvalue weighted by atomic mass is 16.5. The maximum absolute atomic E-state index is 12.3. The van der Waals surface area contributed by atoms with E-state index in [0.717, 1.165) is 45.5 Å². The number of fused-ring (bicyclic) bond motifs is 1. The van der Waals surface area contributed by atoms with Crippen molar-refractivity contribution >= 4 is 5.91 Å². The Balaban J connectivity index is 1.51. The number of ether oxygens (including phenoxy) is 1. The fourth-order valence-electron chi connectivity index (χ4n) is 3.68. The molecule has 0 aromatic rings. The molecule has 3 rings (SSSR count). The van der Waals surface area contributed by atoms with Gasteiger partial charge < -0.3 is 15.0 Å². The number of nitrogens with one attached hydrogen (secondary N) is 1. The van der Waals surface area contributed by atoms with Crippen LogP contribution in [0.25, 0.3) is 0 Å². The number of piperidine rings is 1. The zero-order valence-electron chi connectivity index (χ0n) is 11.1. The lowest BCUT2D eigenvalue weighted by atomic mass is 9.91. The molecule has 3 unspecified atom stereocenters. The van der Waals surface area contributed by atoms with Crippen LogP contribution in [0.1, 0.15) is 38.5 Å². The van der Waals surface area contributed by atoms with E-state index in [-0.39, 0.29) is 0 Å². The first-order valence-electron chi connectivity index (χ1n) is 7.46. The first-order chi connectivity index (χ1) is 8.84. The average molecular weight is 252 g/mol. The van der Waals surface area contributed by atoms with Crippen LogP contribution in [0.5, 0.6) is 0 Å². The third kappa shape index (κ3) is 2.54. The van der Waals surface area contributed by atoms with Crippen LogP contribution in [0.15, 0.2) is 0 Å². The fraction of sp³-hybridized carbons (Fsp3) is 0.929. The molecule has 1 N–H and O–H groups in total. The minimum absolute atomic E-state index is 0.344. The molecule has 0 aromatic heterocycles. The third-order valence-corrected chi connectivity index (χ3v) is 4.70. The van der Waals surface area contributed by atoms with Crippen LogP contribution in [0.2, 0.25) is 0 Å². The summed E-state index contributed by atoms with van der Waals surface area (Å²) in [5.41, 5.74) is 0. The van der Waals surface area contributed by atoms with Gasteiger partial charge in [-0.2, -0.15) is 0 Å². The number of nitrogens with zero attached hydrogens (tertiary/aromatic N) is 1. The monoisotopic (exact) mass is 252 g/mol. The summed E-state index contributed by atoms with van der Waals surface area (Å²) in [5, 5.41) is 3.43. The molecule has 1 amide bonds. The van der Waals surface area contributed by atoms with Crippen LogP contribution in [0.3, 0.4) is 0 Å². The van der Waals surface area contributed by atoms with Gasteiger partial charge in [0.1, 0.15) is 0 Å². The number of carbonyl (C=O) groups excluding carboxylic acids is 1. The molecular formula is C14H24N2O2. The van der Waals surface area contributed by atoms with Gasteiger partial charge in [-0.1, -0.05) is 0 Å². The van der Waals surface area contributed by atoms with Gasteiger partial charge in [0.25, 0.3) is 0 Å². The summed E-state index contributed by atoms with van der Waals surface area (Å²) >= 11 is 0. The van der Waals surface area contributed by atoms with E-state index < -0.39 is 0 Å². The Morgan fingerprint density at radius 1 is 1.28 bits per heavy atom. The van der Waals surface area contributed by atoms with Gasteiger partial charge in [0, 0.05) is 38.7 Å². The maximum Gasteiger partial charge on any atom is 0.222 e. The van der Waals surface area contributed by atoms with Crippen molar-refractivity contribution < 1.29 is 9.53 Å². The molecule has 0 aromatic carbocycles. The molecule has 3 aliphatic heterocycles. The Morgan fingerprint density at radius 2 is 2.22 bits per heavy atom. The van der Waals surface area contributed by atoms with Crippen LogP contribution in [0.4, 0.5) is 0 Å². The second kappa shape index (κ2) is 5.57. The molecule has 0 radical (unpaired) electrons. The normalized spacial score (nSPS) is 35.8. The molecular weight excluding hydrogens is 228 g/mol. The quantitative estimate of drug-likeness (QED) is 0.819. The Morgan fingerprint density at radius 3 is 3.06 bits per heavy atom. The van der Waals surface area contributed by atoms with Crippen molar-refractivity contribution in [2.24, 2.45) is 5.92 Å². The molecule has 0 aliphatic carbocycles. The summed E-state index contributed by atoms with van der Waals surface area (Å²) in [6.07, 6.45) is 6.70. The van der Waals surface area contributed by atoms with Crippen molar-refractivity contribution in [2.75, 3.05) is 26.2 Å². The first kappa shape index (κ1) is 12.4. The lowest BCUT2D eigenvalue weighted by Crippen LogP contribution is -2.48. The van der Waals surface area contributed by atoms with Gasteiger partial charge in [0.2, 0.25) is 5.91 Å². The van der Waals surface area contributed by atoms with Gasteiger partial charge in [0.15, 0.2) is 0 Å². The molecule has 0 bridgehead atoms. The van der Waals surface area contributed by atoms with Crippen LogP contribution < -0.4 is 5.32 Å². The highest BCUT2D eigenvalue weighted by molar-refractivity contribution is 5.76. The first-order valence-corrected chi connectivity index (χ1v) is 7.46. The minimum atomic E-state index is 0.344. The van der Waals surface area contributed by atoms with Gasteiger partial charge in [-0.15, -0.1) is 0 Å². The molecule has 3 aliphatic rings. The third-order valence-electron chi connectivity index (χ3n) is 4.70. The maximum atomic E-state index is 12.3. The van der Waals surface area contributed by atoms with Crippen molar-refractivity contribution in [1.82, 2.24) is 10.2 Å². The molecule has 3 atom stereocenters. The van der Waals surface area contributed by atoms with Crippen LogP contribution in [-0.4, -0.2) is 49.2 Å². The Bertz CT molecular complexity index is 302. The lowest BCUT2D eigenvalue weighted by Gasteiger charge is -2.37. The van der Waals surface area contributed by atoms with E-state index in [1.54, 1.807) is 0 Å². The van der Waals surface area contributed by atoms with Crippen LogP contribution >= 0.6 is 0 Å². The zero-order chi connectivity index (χ0) is 12.4. The zero-order valence-corrected chi connectivity index (χ0v) is 11.1. The van der Waals surface area contributed by atoms with Gasteiger partial charge in [-0.3, -0.25) is 4.79 Å². The summed E-state index contributed by atoms with van der Waals surface area (Å²) in [6, 6.07) is 0.468. The van der Waals surface area contributed by atoms with E-state index in [2.05, 4.69) is 10.2 Å². The Labute approximate surface area is 109 Å². The Hall–Kier alpha value is -0.610. The second-order valence-corrected chi connectivity index (χ2v) is 5.89. The molecule has 18 heavy (non-hydrogen) atoms. The number of rotatable bonds is 3. The van der Waals surface area contributed by atoms with Gasteiger partial charge in [0.05, 0.1) is 6.10 Å². The number of carbonyl (C=O) groups is 1. The van der Waals surface area contributed by atoms with Crippen molar-refractivity contribution in [1.29, 1.82) is 0 Å². The van der Waals surface area contributed by atoms with Crippen molar-refractivity contribution in [2.45, 2.75) is 50.7 Å². The number of likely N-dealkylation sites (tertiary alicyclic amines) is 1. The van der Waals surface area contributed by atoms with E-state index >= 15 is 0 Å². The highest BCUT2D eigenvalue weighted by Gasteiger charge is 2.37. The average Bonchev–Trinajstić information content (AvgIpc) is 3.05. The van der Waals surface area contributed by atoms with E-state index in [9.17, 15) is 4.79 Å². The van der Waals surface area contributed by atoms with Crippen molar-refractivity contribution in [3.8, 4) is 0 Å². The number of amides is 1. The number of hydrogen-bond acceptors (Lipinski definition) is 3. The van der Waals surface area contributed by atoms with E-state index in [4.69, 9.17) is 4.74 Å². The Kier molecular flexibility index (Phi) is 3.85. The summed E-state index contributed by atoms with van der Waals surface area (Å²) in [7, 11) is 0. The fourth-order valence-corrected chi connectivity index (χ4v) is 3.68. The van der Waals surface area contributed by atoms with Gasteiger partial charge in [-0.05, 0) is 38.0 Å². The smallest absolute Gasteiger partial charge is 0.222 e. The second-order valence-electron chi connectivity index (χ2n) is 5.89. The number of hydrogen-bond donors (Lipinski definition) is 1. The predicted octanol–water partition coefficient (Wildman–Crippen LogP) is 1.16. The molecule has 0 spiro atoms. The van der Waals surface area contributed by atoms with E-state index in [0.29, 0.717) is 30.4 Å². The van der Waals surface area contributed by atoms with Crippen molar-refractivity contribution in [3.63, 3.8) is 0 Å². The molecule has 4 nitrogen and oxygen atoms in total. The molecule has 3 heterocycles. The van der Waals surface area contributed by atoms with E-state index in [1.807, 2.05) is 0 Å². The lowest BCUT2D eigenvalue weighted by molar-refractivity contribution is -0.136.